The Morgan fingerprint density at radius 1 is 1.32 bits per heavy atom. The maximum absolute atomic E-state index is 12.5. The zero-order valence-electron chi connectivity index (χ0n) is 12.1. The molecule has 0 atom stereocenters. The summed E-state index contributed by atoms with van der Waals surface area (Å²) < 4.78 is 38.7. The Hall–Kier alpha value is -2.06. The SMILES string of the molecule is Cc1cc(C(F)(F)F)nn1CCCNC(=O)CCCC(=O)O. The molecule has 0 fully saturated rings. The molecule has 6 nitrogen and oxygen atoms in total. The van der Waals surface area contributed by atoms with Crippen LogP contribution >= 0.6 is 0 Å². The van der Waals surface area contributed by atoms with Crippen molar-refractivity contribution in [3.05, 3.63) is 17.5 Å². The lowest BCUT2D eigenvalue weighted by atomic mass is 10.2. The summed E-state index contributed by atoms with van der Waals surface area (Å²) in [5.41, 5.74) is -0.525. The fourth-order valence-electron chi connectivity index (χ4n) is 1.82. The summed E-state index contributed by atoms with van der Waals surface area (Å²) >= 11 is 0. The molecule has 1 heterocycles. The largest absolute Gasteiger partial charge is 0.481 e. The van der Waals surface area contributed by atoms with E-state index in [1.165, 1.54) is 11.6 Å². The maximum Gasteiger partial charge on any atom is 0.435 e. The molecule has 1 rings (SSSR count). The van der Waals surface area contributed by atoms with Crippen molar-refractivity contribution >= 4 is 11.9 Å². The number of aromatic nitrogens is 2. The molecule has 0 spiro atoms. The molecule has 9 heteroatoms. The number of nitrogens with zero attached hydrogens (tertiary/aromatic N) is 2. The van der Waals surface area contributed by atoms with Crippen molar-refractivity contribution in [3.8, 4) is 0 Å². The van der Waals surface area contributed by atoms with Gasteiger partial charge in [-0.2, -0.15) is 18.3 Å². The van der Waals surface area contributed by atoms with Crippen LogP contribution in [0.25, 0.3) is 0 Å². The summed E-state index contributed by atoms with van der Waals surface area (Å²) in [5, 5.41) is 14.5. The summed E-state index contributed by atoms with van der Waals surface area (Å²) in [6.07, 6.45) is -3.72. The molecule has 0 aliphatic carbocycles. The molecule has 0 saturated heterocycles. The third-order valence-electron chi connectivity index (χ3n) is 2.93. The van der Waals surface area contributed by atoms with Crippen LogP contribution < -0.4 is 5.32 Å². The van der Waals surface area contributed by atoms with Crippen LogP contribution in [-0.2, 0) is 22.3 Å². The number of carbonyl (C=O) groups is 2. The van der Waals surface area contributed by atoms with Gasteiger partial charge in [-0.25, -0.2) is 0 Å². The normalized spacial score (nSPS) is 11.5. The lowest BCUT2D eigenvalue weighted by Gasteiger charge is -2.06. The summed E-state index contributed by atoms with van der Waals surface area (Å²) in [4.78, 5) is 21.6. The van der Waals surface area contributed by atoms with E-state index >= 15 is 0 Å². The predicted octanol–water partition coefficient (Wildman–Crippen LogP) is 1.97. The Bertz CT molecular complexity index is 526. The van der Waals surface area contributed by atoms with E-state index in [1.54, 1.807) is 0 Å². The van der Waals surface area contributed by atoms with Crippen molar-refractivity contribution in [2.75, 3.05) is 6.54 Å². The number of carboxylic acid groups (broad SMARTS) is 1. The highest BCUT2D eigenvalue weighted by atomic mass is 19.4. The fourth-order valence-corrected chi connectivity index (χ4v) is 1.82. The summed E-state index contributed by atoms with van der Waals surface area (Å²) in [6, 6.07) is 0.977. The van der Waals surface area contributed by atoms with Gasteiger partial charge in [0.1, 0.15) is 0 Å². The molecule has 2 N–H and O–H groups in total. The molecule has 124 valence electrons. The Morgan fingerprint density at radius 2 is 2.00 bits per heavy atom. The van der Waals surface area contributed by atoms with E-state index in [2.05, 4.69) is 10.4 Å². The zero-order chi connectivity index (χ0) is 16.8. The second-order valence-corrected chi connectivity index (χ2v) is 4.84. The van der Waals surface area contributed by atoms with Crippen LogP contribution in [-0.4, -0.2) is 33.3 Å². The smallest absolute Gasteiger partial charge is 0.435 e. The van der Waals surface area contributed by atoms with Crippen molar-refractivity contribution in [1.82, 2.24) is 15.1 Å². The van der Waals surface area contributed by atoms with Crippen molar-refractivity contribution in [1.29, 1.82) is 0 Å². The van der Waals surface area contributed by atoms with E-state index in [0.717, 1.165) is 6.07 Å². The first-order valence-electron chi connectivity index (χ1n) is 6.80. The minimum absolute atomic E-state index is 0.0693. The topological polar surface area (TPSA) is 84.2 Å². The van der Waals surface area contributed by atoms with Gasteiger partial charge < -0.3 is 10.4 Å². The van der Waals surface area contributed by atoms with Crippen LogP contribution in [0.15, 0.2) is 6.07 Å². The molecule has 0 bridgehead atoms. The number of hydrogen-bond acceptors (Lipinski definition) is 3. The van der Waals surface area contributed by atoms with Crippen molar-refractivity contribution in [2.24, 2.45) is 0 Å². The second kappa shape index (κ2) is 7.81. The van der Waals surface area contributed by atoms with Gasteiger partial charge in [-0.1, -0.05) is 0 Å². The van der Waals surface area contributed by atoms with Crippen LogP contribution in [0.5, 0.6) is 0 Å². The van der Waals surface area contributed by atoms with E-state index in [0.29, 0.717) is 18.7 Å². The lowest BCUT2D eigenvalue weighted by molar-refractivity contribution is -0.141. The van der Waals surface area contributed by atoms with Crippen molar-refractivity contribution in [2.45, 2.75) is 45.3 Å². The third kappa shape index (κ3) is 6.15. The van der Waals surface area contributed by atoms with E-state index < -0.39 is 17.8 Å². The van der Waals surface area contributed by atoms with Gasteiger partial charge in [-0.15, -0.1) is 0 Å². The van der Waals surface area contributed by atoms with Crippen LogP contribution in [0.1, 0.15) is 37.1 Å². The Labute approximate surface area is 125 Å². The molecular formula is C13H18F3N3O3. The van der Waals surface area contributed by atoms with Gasteiger partial charge in [0, 0.05) is 31.6 Å². The number of amides is 1. The van der Waals surface area contributed by atoms with Gasteiger partial charge >= 0.3 is 12.1 Å². The van der Waals surface area contributed by atoms with Gasteiger partial charge in [0.2, 0.25) is 5.91 Å². The van der Waals surface area contributed by atoms with Crippen LogP contribution in [0, 0.1) is 6.92 Å². The minimum Gasteiger partial charge on any atom is -0.481 e. The summed E-state index contributed by atoms with van der Waals surface area (Å²) in [5.74, 6) is -1.23. The Balaban J connectivity index is 2.29. The number of halogens is 3. The minimum atomic E-state index is -4.46. The van der Waals surface area contributed by atoms with Gasteiger partial charge in [-0.05, 0) is 25.8 Å². The quantitative estimate of drug-likeness (QED) is 0.717. The van der Waals surface area contributed by atoms with Gasteiger partial charge in [0.25, 0.3) is 0 Å². The second-order valence-electron chi connectivity index (χ2n) is 4.84. The first-order chi connectivity index (χ1) is 10.2. The highest BCUT2D eigenvalue weighted by Crippen LogP contribution is 2.28. The fraction of sp³-hybridized carbons (Fsp3) is 0.615. The molecule has 0 aliphatic rings. The van der Waals surface area contributed by atoms with E-state index in [4.69, 9.17) is 5.11 Å². The van der Waals surface area contributed by atoms with E-state index in [9.17, 15) is 22.8 Å². The number of alkyl halides is 3. The van der Waals surface area contributed by atoms with Crippen molar-refractivity contribution in [3.63, 3.8) is 0 Å². The number of aliphatic carboxylic acids is 1. The number of nitrogens with one attached hydrogen (secondary N) is 1. The molecule has 1 aromatic rings. The molecule has 1 aromatic heterocycles. The summed E-state index contributed by atoms with van der Waals surface area (Å²) in [6.45, 7) is 2.09. The predicted molar refractivity (Wildman–Crippen MR) is 71.1 cm³/mol. The van der Waals surface area contributed by atoms with Crippen LogP contribution in [0.2, 0.25) is 0 Å². The van der Waals surface area contributed by atoms with Crippen molar-refractivity contribution < 1.29 is 27.9 Å². The van der Waals surface area contributed by atoms with Crippen LogP contribution in [0.4, 0.5) is 13.2 Å². The van der Waals surface area contributed by atoms with E-state index in [1.807, 2.05) is 0 Å². The molecule has 22 heavy (non-hydrogen) atoms. The van der Waals surface area contributed by atoms with Crippen LogP contribution in [0.3, 0.4) is 0 Å². The number of rotatable bonds is 8. The maximum atomic E-state index is 12.5. The third-order valence-corrected chi connectivity index (χ3v) is 2.93. The van der Waals surface area contributed by atoms with Gasteiger partial charge in [0.15, 0.2) is 5.69 Å². The standard InChI is InChI=1S/C13H18F3N3O3/c1-9-8-10(13(14,15)16)18-19(9)7-3-6-17-11(20)4-2-5-12(21)22/h8H,2-7H2,1H3,(H,17,20)(H,21,22). The molecule has 0 saturated carbocycles. The average molecular weight is 321 g/mol. The lowest BCUT2D eigenvalue weighted by Crippen LogP contribution is -2.25. The number of carbonyl (C=O) groups excluding carboxylic acids is 1. The number of aryl methyl sites for hydroxylation is 2. The molecule has 0 aliphatic heterocycles. The highest BCUT2D eigenvalue weighted by molar-refractivity contribution is 5.76. The van der Waals surface area contributed by atoms with Gasteiger partial charge in [0.05, 0.1) is 0 Å². The summed E-state index contributed by atoms with van der Waals surface area (Å²) in [7, 11) is 0. The Kier molecular flexibility index (Phi) is 6.39. The molecule has 0 radical (unpaired) electrons. The molecule has 0 aromatic carbocycles. The molecule has 1 amide bonds. The number of hydrogen-bond donors (Lipinski definition) is 2. The van der Waals surface area contributed by atoms with Gasteiger partial charge in [-0.3, -0.25) is 14.3 Å². The van der Waals surface area contributed by atoms with E-state index in [-0.39, 0.29) is 31.7 Å². The monoisotopic (exact) mass is 321 g/mol. The number of carboxylic acids is 1. The first kappa shape index (κ1) is 18.0. The molecule has 0 unspecified atom stereocenters. The average Bonchev–Trinajstić information content (AvgIpc) is 2.76. The zero-order valence-corrected chi connectivity index (χ0v) is 12.1. The highest BCUT2D eigenvalue weighted by Gasteiger charge is 2.34. The Morgan fingerprint density at radius 3 is 2.55 bits per heavy atom. The first-order valence-corrected chi connectivity index (χ1v) is 6.80. The molecular weight excluding hydrogens is 303 g/mol.